The van der Waals surface area contributed by atoms with Crippen LogP contribution in [0.3, 0.4) is 0 Å². The monoisotopic (exact) mass is 278 g/mol. The molecule has 0 saturated carbocycles. The van der Waals surface area contributed by atoms with E-state index in [1.807, 2.05) is 0 Å². The third-order valence-corrected chi connectivity index (χ3v) is 4.81. The number of rotatable bonds is 2. The van der Waals surface area contributed by atoms with E-state index in [1.54, 1.807) is 7.05 Å². The van der Waals surface area contributed by atoms with Crippen LogP contribution < -0.4 is 16.0 Å². The number of piperidine rings is 1. The Morgan fingerprint density at radius 1 is 1.53 bits per heavy atom. The van der Waals surface area contributed by atoms with Crippen LogP contribution in [0.4, 0.5) is 10.7 Å². The van der Waals surface area contributed by atoms with Gasteiger partial charge in [0, 0.05) is 20.1 Å². The molecule has 1 fully saturated rings. The first-order valence-electron chi connectivity index (χ1n) is 6.37. The van der Waals surface area contributed by atoms with Crippen LogP contribution in [0.15, 0.2) is 0 Å². The van der Waals surface area contributed by atoms with E-state index < -0.39 is 0 Å². The number of nitriles is 1. The number of anilines is 2. The second-order valence-electron chi connectivity index (χ2n) is 4.89. The van der Waals surface area contributed by atoms with Crippen molar-refractivity contribution < 1.29 is 4.79 Å². The Hall–Kier alpha value is -1.74. The lowest BCUT2D eigenvalue weighted by Gasteiger charge is -2.31. The normalized spacial score (nSPS) is 16.2. The van der Waals surface area contributed by atoms with Gasteiger partial charge in [-0.25, -0.2) is 0 Å². The molecule has 1 aliphatic rings. The molecule has 1 aromatic rings. The molecule has 0 aliphatic carbocycles. The number of thiophene rings is 1. The molecule has 0 atom stereocenters. The molecule has 1 aliphatic heterocycles. The highest BCUT2D eigenvalue weighted by Gasteiger charge is 2.26. The SMILES string of the molecule is CNC(=O)c1sc(N2CCC(C)CC2)c(C#N)c1N. The third-order valence-electron chi connectivity index (χ3n) is 3.54. The molecule has 0 unspecified atom stereocenters. The number of nitrogens with two attached hydrogens (primary N) is 1. The van der Waals surface area contributed by atoms with Gasteiger partial charge >= 0.3 is 0 Å². The van der Waals surface area contributed by atoms with Gasteiger partial charge in [0.05, 0.1) is 5.69 Å². The number of amides is 1. The summed E-state index contributed by atoms with van der Waals surface area (Å²) in [6.07, 6.45) is 2.22. The summed E-state index contributed by atoms with van der Waals surface area (Å²) in [5, 5.41) is 12.7. The molecule has 0 radical (unpaired) electrons. The van der Waals surface area contributed by atoms with Crippen LogP contribution in [0, 0.1) is 17.2 Å². The molecule has 0 spiro atoms. The second kappa shape index (κ2) is 5.49. The van der Waals surface area contributed by atoms with Crippen molar-refractivity contribution >= 4 is 27.9 Å². The average molecular weight is 278 g/mol. The molecule has 5 nitrogen and oxygen atoms in total. The topological polar surface area (TPSA) is 82.2 Å². The molecule has 6 heteroatoms. The van der Waals surface area contributed by atoms with E-state index >= 15 is 0 Å². The van der Waals surface area contributed by atoms with Crippen molar-refractivity contribution in [1.29, 1.82) is 5.26 Å². The maximum absolute atomic E-state index is 11.7. The molecular formula is C13H18N4OS. The van der Waals surface area contributed by atoms with Crippen molar-refractivity contribution in [3.05, 3.63) is 10.4 Å². The van der Waals surface area contributed by atoms with E-state index in [9.17, 15) is 10.1 Å². The van der Waals surface area contributed by atoms with Gasteiger partial charge in [-0.05, 0) is 18.8 Å². The zero-order valence-electron chi connectivity index (χ0n) is 11.2. The Morgan fingerprint density at radius 3 is 2.68 bits per heavy atom. The molecule has 102 valence electrons. The summed E-state index contributed by atoms with van der Waals surface area (Å²) in [7, 11) is 1.57. The average Bonchev–Trinajstić information content (AvgIpc) is 2.75. The van der Waals surface area contributed by atoms with E-state index in [2.05, 4.69) is 23.2 Å². The zero-order valence-corrected chi connectivity index (χ0v) is 12.0. The minimum Gasteiger partial charge on any atom is -0.396 e. The van der Waals surface area contributed by atoms with Crippen LogP contribution in [0.25, 0.3) is 0 Å². The summed E-state index contributed by atoms with van der Waals surface area (Å²) < 4.78 is 0. The predicted octanol–water partition coefficient (Wildman–Crippen LogP) is 1.80. The van der Waals surface area contributed by atoms with E-state index in [4.69, 9.17) is 5.73 Å². The Kier molecular flexibility index (Phi) is 3.96. The Morgan fingerprint density at radius 2 is 2.16 bits per heavy atom. The van der Waals surface area contributed by atoms with Gasteiger partial charge < -0.3 is 16.0 Å². The van der Waals surface area contributed by atoms with Gasteiger partial charge in [-0.1, -0.05) is 6.92 Å². The zero-order chi connectivity index (χ0) is 14.0. The molecular weight excluding hydrogens is 260 g/mol. The van der Waals surface area contributed by atoms with Gasteiger partial charge in [0.15, 0.2) is 0 Å². The highest BCUT2D eigenvalue weighted by atomic mass is 32.1. The van der Waals surface area contributed by atoms with E-state index in [-0.39, 0.29) is 5.91 Å². The highest BCUT2D eigenvalue weighted by molar-refractivity contribution is 7.19. The lowest BCUT2D eigenvalue weighted by molar-refractivity contribution is 0.0968. The predicted molar refractivity (Wildman–Crippen MR) is 77.4 cm³/mol. The van der Waals surface area contributed by atoms with Crippen LogP contribution >= 0.6 is 11.3 Å². The number of nitrogen functional groups attached to an aromatic ring is 1. The molecule has 19 heavy (non-hydrogen) atoms. The number of carbonyl (C=O) groups excluding carboxylic acids is 1. The maximum atomic E-state index is 11.7. The van der Waals surface area contributed by atoms with Crippen molar-refractivity contribution in [2.24, 2.45) is 5.92 Å². The van der Waals surface area contributed by atoms with Gasteiger partial charge in [-0.15, -0.1) is 11.3 Å². The molecule has 2 heterocycles. The largest absolute Gasteiger partial charge is 0.396 e. The smallest absolute Gasteiger partial charge is 0.263 e. The summed E-state index contributed by atoms with van der Waals surface area (Å²) in [4.78, 5) is 14.4. The fourth-order valence-electron chi connectivity index (χ4n) is 2.26. The Balaban J connectivity index is 2.35. The third kappa shape index (κ3) is 2.51. The summed E-state index contributed by atoms with van der Waals surface area (Å²) in [6, 6.07) is 2.14. The van der Waals surface area contributed by atoms with E-state index in [0.29, 0.717) is 16.1 Å². The van der Waals surface area contributed by atoms with Gasteiger partial charge in [0.25, 0.3) is 5.91 Å². The Bertz CT molecular complexity index is 523. The second-order valence-corrected chi connectivity index (χ2v) is 5.88. The van der Waals surface area contributed by atoms with Crippen molar-refractivity contribution in [2.75, 3.05) is 30.8 Å². The van der Waals surface area contributed by atoms with Crippen LogP contribution in [0.5, 0.6) is 0 Å². The number of nitrogens with zero attached hydrogens (tertiary/aromatic N) is 2. The molecule has 1 amide bonds. The van der Waals surface area contributed by atoms with Crippen molar-refractivity contribution in [1.82, 2.24) is 5.32 Å². The lowest BCUT2D eigenvalue weighted by Crippen LogP contribution is -2.32. The molecule has 2 rings (SSSR count). The van der Waals surface area contributed by atoms with Gasteiger partial charge in [0.1, 0.15) is 21.5 Å². The quantitative estimate of drug-likeness (QED) is 0.864. The van der Waals surface area contributed by atoms with Crippen LogP contribution in [-0.4, -0.2) is 26.0 Å². The van der Waals surface area contributed by atoms with Crippen molar-refractivity contribution in [2.45, 2.75) is 19.8 Å². The van der Waals surface area contributed by atoms with Crippen LogP contribution in [-0.2, 0) is 0 Å². The van der Waals surface area contributed by atoms with E-state index in [0.717, 1.165) is 36.9 Å². The highest BCUT2D eigenvalue weighted by Crippen LogP contribution is 2.39. The number of hydrogen-bond acceptors (Lipinski definition) is 5. The van der Waals surface area contributed by atoms with Gasteiger partial charge in [0.2, 0.25) is 0 Å². The van der Waals surface area contributed by atoms with Crippen LogP contribution in [0.1, 0.15) is 35.0 Å². The number of hydrogen-bond donors (Lipinski definition) is 2. The number of nitrogens with one attached hydrogen (secondary N) is 1. The van der Waals surface area contributed by atoms with Gasteiger partial charge in [-0.3, -0.25) is 4.79 Å². The minimum absolute atomic E-state index is 0.226. The minimum atomic E-state index is -0.226. The molecule has 1 saturated heterocycles. The molecule has 0 aromatic carbocycles. The molecule has 1 aromatic heterocycles. The first-order valence-corrected chi connectivity index (χ1v) is 7.19. The lowest BCUT2D eigenvalue weighted by atomic mass is 9.99. The molecule has 0 bridgehead atoms. The fourth-order valence-corrected chi connectivity index (χ4v) is 3.43. The number of carbonyl (C=O) groups is 1. The fraction of sp³-hybridized carbons (Fsp3) is 0.538. The first-order chi connectivity index (χ1) is 9.08. The van der Waals surface area contributed by atoms with Gasteiger partial charge in [-0.2, -0.15) is 5.26 Å². The summed E-state index contributed by atoms with van der Waals surface area (Å²) in [5.41, 5.74) is 6.67. The molecule has 3 N–H and O–H groups in total. The standard InChI is InChI=1S/C13H18N4OS/c1-8-3-5-17(6-4-8)13-9(7-14)10(15)11(19-13)12(18)16-2/h8H,3-6,15H2,1-2H3,(H,16,18). The summed E-state index contributed by atoms with van der Waals surface area (Å²) in [5.74, 6) is 0.494. The maximum Gasteiger partial charge on any atom is 0.263 e. The van der Waals surface area contributed by atoms with Crippen molar-refractivity contribution in [3.8, 4) is 6.07 Å². The van der Waals surface area contributed by atoms with E-state index in [1.165, 1.54) is 11.3 Å². The first kappa shape index (κ1) is 13.7. The van der Waals surface area contributed by atoms with Crippen molar-refractivity contribution in [3.63, 3.8) is 0 Å². The summed E-state index contributed by atoms with van der Waals surface area (Å²) in [6.45, 7) is 4.08. The Labute approximate surface area is 117 Å². The van der Waals surface area contributed by atoms with Crippen LogP contribution in [0.2, 0.25) is 0 Å². The summed E-state index contributed by atoms with van der Waals surface area (Å²) >= 11 is 1.32.